The van der Waals surface area contributed by atoms with Crippen LogP contribution in [0.2, 0.25) is 0 Å². The van der Waals surface area contributed by atoms with Crippen LogP contribution in [-0.4, -0.2) is 20.2 Å². The Morgan fingerprint density at radius 3 is 1.24 bits per heavy atom. The first-order valence-electron chi connectivity index (χ1n) is 9.22. The fraction of sp³-hybridized carbons (Fsp3) is 0. The summed E-state index contributed by atoms with van der Waals surface area (Å²) in [5.41, 5.74) is 6.60. The minimum Gasteiger partial charge on any atom is -0.264 e. The molecule has 0 aliphatic rings. The third-order valence-corrected chi connectivity index (χ3v) is 5.70. The minimum atomic E-state index is 0.911. The summed E-state index contributed by atoms with van der Waals surface area (Å²) in [4.78, 5) is 8.36. The van der Waals surface area contributed by atoms with Gasteiger partial charge in [0.15, 0.2) is 0 Å². The Kier molecular flexibility index (Phi) is 4.64. The van der Waals surface area contributed by atoms with Crippen molar-refractivity contribution in [2.24, 2.45) is 0 Å². The average Bonchev–Trinajstić information content (AvgIpc) is 3.31. The van der Waals surface area contributed by atoms with Crippen molar-refractivity contribution in [3.8, 4) is 43.4 Å². The van der Waals surface area contributed by atoms with Gasteiger partial charge in [-0.3, -0.25) is 9.97 Å². The molecular weight excluding hydrogens is 376 g/mol. The third kappa shape index (κ3) is 3.68. The lowest BCUT2D eigenvalue weighted by Crippen LogP contribution is -1.81. The van der Waals surface area contributed by atoms with E-state index in [9.17, 15) is 0 Å². The van der Waals surface area contributed by atoms with E-state index in [2.05, 4.69) is 80.8 Å². The Bertz CT molecular complexity index is 1120. The highest BCUT2D eigenvalue weighted by molar-refractivity contribution is 7.17. The van der Waals surface area contributed by atoms with Gasteiger partial charge in [0.25, 0.3) is 0 Å². The largest absolute Gasteiger partial charge is 0.264 e. The quantitative estimate of drug-likeness (QED) is 0.377. The van der Waals surface area contributed by atoms with Gasteiger partial charge in [-0.1, -0.05) is 72.0 Å². The summed E-state index contributed by atoms with van der Waals surface area (Å²) < 4.78 is 0. The van der Waals surface area contributed by atoms with E-state index in [1.165, 1.54) is 0 Å². The first-order chi connectivity index (χ1) is 14.4. The van der Waals surface area contributed by atoms with E-state index in [4.69, 9.17) is 0 Å². The van der Waals surface area contributed by atoms with Crippen LogP contribution >= 0.6 is 11.3 Å². The zero-order valence-electron chi connectivity index (χ0n) is 15.4. The fourth-order valence-corrected chi connectivity index (χ4v) is 3.99. The van der Waals surface area contributed by atoms with E-state index in [0.29, 0.717) is 0 Å². The maximum absolute atomic E-state index is 4.39. The molecule has 0 fully saturated rings. The van der Waals surface area contributed by atoms with E-state index >= 15 is 0 Å². The predicted molar refractivity (Wildman–Crippen MR) is 117 cm³/mol. The highest BCUT2D eigenvalue weighted by Gasteiger charge is 2.09. The third-order valence-electron chi connectivity index (χ3n) is 4.68. The van der Waals surface area contributed by atoms with Gasteiger partial charge in [-0.2, -0.15) is 0 Å². The molecule has 5 heteroatoms. The lowest BCUT2D eigenvalue weighted by atomic mass is 10.1. The van der Waals surface area contributed by atoms with E-state index in [1.807, 2.05) is 24.5 Å². The summed E-state index contributed by atoms with van der Waals surface area (Å²) in [6.45, 7) is 0. The molecule has 0 saturated carbocycles. The maximum Gasteiger partial charge on any atom is 0.148 e. The van der Waals surface area contributed by atoms with Crippen molar-refractivity contribution in [3.63, 3.8) is 0 Å². The van der Waals surface area contributed by atoms with E-state index < -0.39 is 0 Å². The van der Waals surface area contributed by atoms with Crippen LogP contribution in [0, 0.1) is 0 Å². The van der Waals surface area contributed by atoms with Gasteiger partial charge in [0, 0.05) is 35.9 Å². The summed E-state index contributed by atoms with van der Waals surface area (Å²) in [7, 11) is 0. The summed E-state index contributed by atoms with van der Waals surface area (Å²) in [5.74, 6) is 0. The Balaban J connectivity index is 1.38. The molecule has 0 atom stereocenters. The standard InChI is InChI=1S/C24H16N4S/c1-3-21(15-25-13-1)17-5-9-19(10-6-17)23-27-28-24(29-23)20-11-7-18(8-12-20)22-4-2-14-26-16-22/h1-16H. The molecule has 0 radical (unpaired) electrons. The van der Waals surface area contributed by atoms with Crippen molar-refractivity contribution < 1.29 is 0 Å². The highest BCUT2D eigenvalue weighted by Crippen LogP contribution is 2.32. The molecule has 3 aromatic heterocycles. The SMILES string of the molecule is c1cncc(-c2ccc(-c3nnc(-c4ccc(-c5cccnc5)cc4)s3)cc2)c1. The van der Waals surface area contributed by atoms with Crippen molar-refractivity contribution >= 4 is 11.3 Å². The summed E-state index contributed by atoms with van der Waals surface area (Å²) in [6, 6.07) is 24.7. The van der Waals surface area contributed by atoms with Gasteiger partial charge < -0.3 is 0 Å². The maximum atomic E-state index is 4.39. The van der Waals surface area contributed by atoms with Crippen LogP contribution < -0.4 is 0 Å². The molecule has 0 spiro atoms. The first-order valence-corrected chi connectivity index (χ1v) is 10.0. The highest BCUT2D eigenvalue weighted by atomic mass is 32.1. The van der Waals surface area contributed by atoms with Crippen LogP contribution in [0.5, 0.6) is 0 Å². The second-order valence-corrected chi connectivity index (χ2v) is 7.53. The first kappa shape index (κ1) is 17.4. The van der Waals surface area contributed by atoms with Gasteiger partial charge in [0.2, 0.25) is 0 Å². The van der Waals surface area contributed by atoms with Crippen LogP contribution in [0.1, 0.15) is 0 Å². The van der Waals surface area contributed by atoms with Crippen LogP contribution in [0.4, 0.5) is 0 Å². The van der Waals surface area contributed by atoms with E-state index in [0.717, 1.165) is 43.4 Å². The molecular formula is C24H16N4S. The summed E-state index contributed by atoms with van der Waals surface area (Å²) in [5, 5.41) is 10.6. The predicted octanol–water partition coefficient (Wildman–Crippen LogP) is 6.00. The Morgan fingerprint density at radius 1 is 0.448 bits per heavy atom. The van der Waals surface area contributed by atoms with Crippen LogP contribution in [0.25, 0.3) is 43.4 Å². The number of hydrogen-bond acceptors (Lipinski definition) is 5. The van der Waals surface area contributed by atoms with Crippen molar-refractivity contribution in [1.29, 1.82) is 0 Å². The van der Waals surface area contributed by atoms with Gasteiger partial charge in [-0.05, 0) is 34.4 Å². The summed E-state index contributed by atoms with van der Waals surface area (Å²) in [6.07, 6.45) is 7.30. The van der Waals surface area contributed by atoms with Gasteiger partial charge in [-0.15, -0.1) is 10.2 Å². The molecule has 4 nitrogen and oxygen atoms in total. The number of rotatable bonds is 4. The molecule has 138 valence electrons. The molecule has 0 bridgehead atoms. The van der Waals surface area contributed by atoms with E-state index in [1.54, 1.807) is 23.7 Å². The topological polar surface area (TPSA) is 51.6 Å². The van der Waals surface area contributed by atoms with Gasteiger partial charge in [0.1, 0.15) is 10.0 Å². The lowest BCUT2D eigenvalue weighted by molar-refractivity contribution is 1.10. The van der Waals surface area contributed by atoms with Crippen LogP contribution in [0.3, 0.4) is 0 Å². The van der Waals surface area contributed by atoms with Crippen LogP contribution in [-0.2, 0) is 0 Å². The van der Waals surface area contributed by atoms with Gasteiger partial charge in [-0.25, -0.2) is 0 Å². The molecule has 0 amide bonds. The second-order valence-electron chi connectivity index (χ2n) is 6.55. The monoisotopic (exact) mass is 392 g/mol. The number of hydrogen-bond donors (Lipinski definition) is 0. The van der Waals surface area contributed by atoms with E-state index in [-0.39, 0.29) is 0 Å². The van der Waals surface area contributed by atoms with Gasteiger partial charge in [0.05, 0.1) is 0 Å². The minimum absolute atomic E-state index is 0.911. The average molecular weight is 392 g/mol. The molecule has 0 saturated heterocycles. The number of nitrogens with zero attached hydrogens (tertiary/aromatic N) is 4. The molecule has 0 aliphatic heterocycles. The van der Waals surface area contributed by atoms with Gasteiger partial charge >= 0.3 is 0 Å². The molecule has 0 unspecified atom stereocenters. The van der Waals surface area contributed by atoms with Crippen molar-refractivity contribution in [2.45, 2.75) is 0 Å². The Morgan fingerprint density at radius 2 is 0.862 bits per heavy atom. The number of aromatic nitrogens is 4. The second kappa shape index (κ2) is 7.73. The zero-order valence-corrected chi connectivity index (χ0v) is 16.3. The van der Waals surface area contributed by atoms with Crippen molar-refractivity contribution in [2.75, 3.05) is 0 Å². The normalized spacial score (nSPS) is 10.8. The smallest absolute Gasteiger partial charge is 0.148 e. The van der Waals surface area contributed by atoms with Crippen molar-refractivity contribution in [3.05, 3.63) is 97.6 Å². The molecule has 0 N–H and O–H groups in total. The molecule has 5 rings (SSSR count). The lowest BCUT2D eigenvalue weighted by Gasteiger charge is -2.02. The Hall–Kier alpha value is -3.70. The van der Waals surface area contributed by atoms with Crippen molar-refractivity contribution in [1.82, 2.24) is 20.2 Å². The number of benzene rings is 2. The zero-order chi connectivity index (χ0) is 19.5. The molecule has 2 aromatic carbocycles. The fourth-order valence-electron chi connectivity index (χ4n) is 3.13. The number of pyridine rings is 2. The Labute approximate surface area is 172 Å². The molecule has 3 heterocycles. The van der Waals surface area contributed by atoms with Crippen LogP contribution in [0.15, 0.2) is 97.6 Å². The molecule has 29 heavy (non-hydrogen) atoms. The molecule has 5 aromatic rings. The summed E-state index contributed by atoms with van der Waals surface area (Å²) >= 11 is 1.60. The molecule has 0 aliphatic carbocycles.